The van der Waals surface area contributed by atoms with E-state index in [4.69, 9.17) is 10.8 Å². The van der Waals surface area contributed by atoms with Crippen LogP contribution in [0.5, 0.6) is 0 Å². The molecule has 3 nitrogen and oxygen atoms in total. The van der Waals surface area contributed by atoms with Crippen molar-refractivity contribution in [3.8, 4) is 0 Å². The summed E-state index contributed by atoms with van der Waals surface area (Å²) < 4.78 is 0. The first-order chi connectivity index (χ1) is 4.54. The van der Waals surface area contributed by atoms with E-state index in [0.717, 1.165) is 0 Å². The standard InChI is InChI=1S/C7H13NO2/c1-5(7(9)10)3-4-6(2)8/h3-6H,8H2,1-2H3,(H,9,10)/b4-3+/t5?,6-/m1/s1. The maximum Gasteiger partial charge on any atom is 0.310 e. The molecule has 0 aliphatic heterocycles. The van der Waals surface area contributed by atoms with Gasteiger partial charge in [-0.2, -0.15) is 0 Å². The molecule has 10 heavy (non-hydrogen) atoms. The molecule has 0 aromatic heterocycles. The topological polar surface area (TPSA) is 63.3 Å². The van der Waals surface area contributed by atoms with Gasteiger partial charge in [0, 0.05) is 6.04 Å². The Labute approximate surface area is 60.5 Å². The third-order valence-electron chi connectivity index (χ3n) is 1.09. The molecule has 0 saturated carbocycles. The molecule has 0 aromatic rings. The molecule has 58 valence electrons. The van der Waals surface area contributed by atoms with E-state index in [1.54, 1.807) is 26.0 Å². The van der Waals surface area contributed by atoms with Gasteiger partial charge < -0.3 is 10.8 Å². The smallest absolute Gasteiger partial charge is 0.310 e. The van der Waals surface area contributed by atoms with Gasteiger partial charge in [-0.25, -0.2) is 0 Å². The highest BCUT2D eigenvalue weighted by atomic mass is 16.4. The van der Waals surface area contributed by atoms with Crippen molar-refractivity contribution in [1.29, 1.82) is 0 Å². The highest BCUT2D eigenvalue weighted by molar-refractivity contribution is 5.71. The van der Waals surface area contributed by atoms with Gasteiger partial charge in [-0.1, -0.05) is 12.2 Å². The Balaban J connectivity index is 3.77. The van der Waals surface area contributed by atoms with Crippen molar-refractivity contribution in [3.05, 3.63) is 12.2 Å². The van der Waals surface area contributed by atoms with Crippen LogP contribution in [0.2, 0.25) is 0 Å². The normalized spacial score (nSPS) is 17.1. The van der Waals surface area contributed by atoms with E-state index in [0.29, 0.717) is 0 Å². The summed E-state index contributed by atoms with van der Waals surface area (Å²) in [5, 5.41) is 8.40. The van der Waals surface area contributed by atoms with Crippen molar-refractivity contribution in [2.24, 2.45) is 11.7 Å². The Morgan fingerprint density at radius 2 is 2.00 bits per heavy atom. The molecule has 0 heterocycles. The lowest BCUT2D eigenvalue weighted by molar-refractivity contribution is -0.139. The second-order valence-corrected chi connectivity index (χ2v) is 2.37. The molecule has 3 heteroatoms. The first-order valence-corrected chi connectivity index (χ1v) is 3.20. The number of rotatable bonds is 3. The van der Waals surface area contributed by atoms with Crippen LogP contribution in [-0.2, 0) is 4.79 Å². The van der Waals surface area contributed by atoms with E-state index < -0.39 is 11.9 Å². The SMILES string of the molecule is CC(/C=C/[C@@H](C)N)C(=O)O. The zero-order valence-corrected chi connectivity index (χ0v) is 6.24. The molecule has 1 unspecified atom stereocenters. The Morgan fingerprint density at radius 1 is 1.50 bits per heavy atom. The summed E-state index contributed by atoms with van der Waals surface area (Å²) in [7, 11) is 0. The van der Waals surface area contributed by atoms with Crippen molar-refractivity contribution < 1.29 is 9.90 Å². The highest BCUT2D eigenvalue weighted by Crippen LogP contribution is 1.96. The Kier molecular flexibility index (Phi) is 3.72. The second kappa shape index (κ2) is 4.06. The van der Waals surface area contributed by atoms with Crippen LogP contribution in [0.15, 0.2) is 12.2 Å². The van der Waals surface area contributed by atoms with E-state index in [-0.39, 0.29) is 6.04 Å². The number of carboxylic acids is 1. The summed E-state index contributed by atoms with van der Waals surface area (Å²) in [6.45, 7) is 3.41. The molecule has 3 N–H and O–H groups in total. The van der Waals surface area contributed by atoms with Crippen molar-refractivity contribution in [1.82, 2.24) is 0 Å². The van der Waals surface area contributed by atoms with Crippen LogP contribution in [0.3, 0.4) is 0 Å². The summed E-state index contributed by atoms with van der Waals surface area (Å²) in [6, 6.07) is -0.0678. The summed E-state index contributed by atoms with van der Waals surface area (Å²) in [5.41, 5.74) is 5.36. The van der Waals surface area contributed by atoms with E-state index >= 15 is 0 Å². The van der Waals surface area contributed by atoms with Gasteiger partial charge in [0.05, 0.1) is 5.92 Å². The lowest BCUT2D eigenvalue weighted by Gasteiger charge is -1.98. The molecular weight excluding hydrogens is 130 g/mol. The summed E-state index contributed by atoms with van der Waals surface area (Å²) in [6.07, 6.45) is 3.27. The molecule has 0 bridgehead atoms. The number of nitrogens with two attached hydrogens (primary N) is 1. The van der Waals surface area contributed by atoms with E-state index in [2.05, 4.69) is 0 Å². The summed E-state index contributed by atoms with van der Waals surface area (Å²) >= 11 is 0. The molecule has 0 spiro atoms. The quantitative estimate of drug-likeness (QED) is 0.569. The van der Waals surface area contributed by atoms with Crippen molar-refractivity contribution in [2.45, 2.75) is 19.9 Å². The first-order valence-electron chi connectivity index (χ1n) is 3.20. The predicted molar refractivity (Wildman–Crippen MR) is 39.6 cm³/mol. The molecular formula is C7H13NO2. The molecule has 0 aliphatic carbocycles. The highest BCUT2D eigenvalue weighted by Gasteiger charge is 2.04. The number of aliphatic carboxylic acids is 1. The van der Waals surface area contributed by atoms with Crippen molar-refractivity contribution in [3.63, 3.8) is 0 Å². The van der Waals surface area contributed by atoms with E-state index in [1.807, 2.05) is 0 Å². The average Bonchev–Trinajstić information content (AvgIpc) is 1.82. The third-order valence-corrected chi connectivity index (χ3v) is 1.09. The molecule has 0 amide bonds. The third kappa shape index (κ3) is 4.09. The number of carbonyl (C=O) groups is 1. The van der Waals surface area contributed by atoms with Crippen LogP contribution < -0.4 is 5.73 Å². The fourth-order valence-electron chi connectivity index (χ4n) is 0.424. The lowest BCUT2D eigenvalue weighted by Crippen LogP contribution is -2.12. The maximum atomic E-state index is 10.2. The van der Waals surface area contributed by atoms with Gasteiger partial charge in [0.25, 0.3) is 0 Å². The van der Waals surface area contributed by atoms with Gasteiger partial charge in [-0.05, 0) is 13.8 Å². The molecule has 0 aromatic carbocycles. The summed E-state index contributed by atoms with van der Waals surface area (Å²) in [4.78, 5) is 10.2. The van der Waals surface area contributed by atoms with Crippen LogP contribution in [0.25, 0.3) is 0 Å². The minimum Gasteiger partial charge on any atom is -0.481 e. The van der Waals surface area contributed by atoms with Gasteiger partial charge in [0.1, 0.15) is 0 Å². The predicted octanol–water partition coefficient (Wildman–Crippen LogP) is 0.611. The average molecular weight is 143 g/mol. The van der Waals surface area contributed by atoms with E-state index in [1.165, 1.54) is 0 Å². The largest absolute Gasteiger partial charge is 0.481 e. The molecule has 2 atom stereocenters. The second-order valence-electron chi connectivity index (χ2n) is 2.37. The zero-order valence-electron chi connectivity index (χ0n) is 6.24. The Hall–Kier alpha value is -0.830. The van der Waals surface area contributed by atoms with Gasteiger partial charge in [0.2, 0.25) is 0 Å². The van der Waals surface area contributed by atoms with Crippen LogP contribution in [0.1, 0.15) is 13.8 Å². The first kappa shape index (κ1) is 9.17. The molecule has 0 aliphatic rings. The number of hydrogen-bond donors (Lipinski definition) is 2. The fraction of sp³-hybridized carbons (Fsp3) is 0.571. The van der Waals surface area contributed by atoms with Crippen molar-refractivity contribution in [2.75, 3.05) is 0 Å². The number of carboxylic acid groups (broad SMARTS) is 1. The minimum atomic E-state index is -0.822. The monoisotopic (exact) mass is 143 g/mol. The molecule has 0 fully saturated rings. The van der Waals surface area contributed by atoms with E-state index in [9.17, 15) is 4.79 Å². The van der Waals surface area contributed by atoms with Crippen LogP contribution in [-0.4, -0.2) is 17.1 Å². The van der Waals surface area contributed by atoms with Crippen LogP contribution in [0.4, 0.5) is 0 Å². The molecule has 0 saturated heterocycles. The minimum absolute atomic E-state index is 0.0678. The van der Waals surface area contributed by atoms with Crippen molar-refractivity contribution >= 4 is 5.97 Å². The van der Waals surface area contributed by atoms with Crippen LogP contribution >= 0.6 is 0 Å². The van der Waals surface area contributed by atoms with Crippen LogP contribution in [0, 0.1) is 5.92 Å². The molecule has 0 rings (SSSR count). The van der Waals surface area contributed by atoms with Gasteiger partial charge in [0.15, 0.2) is 0 Å². The lowest BCUT2D eigenvalue weighted by atomic mass is 10.1. The maximum absolute atomic E-state index is 10.2. The summed E-state index contributed by atoms with van der Waals surface area (Å²) in [5.74, 6) is -1.26. The van der Waals surface area contributed by atoms with Gasteiger partial charge in [-0.3, -0.25) is 4.79 Å². The number of hydrogen-bond acceptors (Lipinski definition) is 2. The van der Waals surface area contributed by atoms with Gasteiger partial charge in [-0.15, -0.1) is 0 Å². The fourth-order valence-corrected chi connectivity index (χ4v) is 0.424. The zero-order chi connectivity index (χ0) is 8.15. The Morgan fingerprint density at radius 3 is 2.30 bits per heavy atom. The molecule has 0 radical (unpaired) electrons. The Bertz CT molecular complexity index is 141. The van der Waals surface area contributed by atoms with Gasteiger partial charge >= 0.3 is 5.97 Å².